The molecule has 0 fully saturated rings. The smallest absolute Gasteiger partial charge is 0.508 e. The molecule has 0 amide bonds. The van der Waals surface area contributed by atoms with Gasteiger partial charge in [0.25, 0.3) is 0 Å². The molecule has 0 aliphatic heterocycles. The number of aromatic hydroxyl groups is 2. The largest absolute Gasteiger partial charge is 0.534 e. The number of fused-ring (bicyclic) bond motifs is 6. The zero-order valence-corrected chi connectivity index (χ0v) is 63.1. The zero-order valence-electron chi connectivity index (χ0n) is 61.5. The topological polar surface area (TPSA) is 141 Å². The molecule has 0 radical (unpaired) electrons. The summed E-state index contributed by atoms with van der Waals surface area (Å²) in [4.78, 5) is 11.1. The second-order valence-electron chi connectivity index (χ2n) is 26.3. The number of alkyl halides is 3. The Labute approximate surface area is 647 Å². The first-order valence-electron chi connectivity index (χ1n) is 34.6. The third kappa shape index (κ3) is 20.4. The van der Waals surface area contributed by atoms with E-state index >= 15 is 0 Å². The van der Waals surface area contributed by atoms with E-state index in [0.717, 1.165) is 49.4 Å². The van der Waals surface area contributed by atoms with Gasteiger partial charge < -0.3 is 24.4 Å². The van der Waals surface area contributed by atoms with Gasteiger partial charge >= 0.3 is 22.7 Å². The van der Waals surface area contributed by atoms with Gasteiger partial charge in [0.15, 0.2) is 92.9 Å². The fourth-order valence-electron chi connectivity index (χ4n) is 12.0. The summed E-state index contributed by atoms with van der Waals surface area (Å²) in [6.07, 6.45) is 5.16. The standard InChI is InChI=1S/C20H17F3.C12H6F6O3S.C11H7ClF2.C11H7F3O.C11H10F2O.C11H8F2O.C9H13BO2/c1-3-4-13-5-7-14(8-6-13)16-10-9-15-11-12(2)18(21)20(23)17(15)19(16)22;1-5-4-6-2-3-7(21-22(19,20)12(16,17)18)10(14)8(6)11(15)9(5)13;1-6-4-7-2-3-8(12)5-9(7)11(14)10(6)13;1-5-4-6-2-3-7(15)10(13)8(6)11(14)9(5)12;2*1-6-4-7-2-3-8(14)5-9(7)11(13)10(6)12;1-2-3-8-4-6-9(7-5-8)10(11)12/h5-11H,3-4H2,1-2H3;2-4H,1H3;2-5H,1H3;2-4,15H,1H3;4H,2-3,5H2,1H3;2-5,14H,1H3;4-7,11-12H,2-3H2,1H3. The van der Waals surface area contributed by atoms with Crippen molar-refractivity contribution in [3.63, 3.8) is 0 Å². The molecule has 0 aromatic heterocycles. The average molecular weight is 1640 g/mol. The van der Waals surface area contributed by atoms with Gasteiger partial charge in [-0.25, -0.2) is 65.9 Å². The Morgan fingerprint density at radius 2 is 0.816 bits per heavy atom. The summed E-state index contributed by atoms with van der Waals surface area (Å²) in [7, 11) is -7.48. The molecule has 13 aromatic carbocycles. The number of phenolic OH excluding ortho intramolecular Hbond substituents is 2. The molecule has 0 spiro atoms. The molecule has 0 heterocycles. The molecule has 29 heteroatoms. The van der Waals surface area contributed by atoms with E-state index in [1.165, 1.54) is 89.1 Å². The van der Waals surface area contributed by atoms with E-state index < -0.39 is 132 Å². The first kappa shape index (κ1) is 88.8. The molecule has 0 bridgehead atoms. The third-order valence-corrected chi connectivity index (χ3v) is 19.1. The quantitative estimate of drug-likeness (QED) is 0.0510. The van der Waals surface area contributed by atoms with Crippen molar-refractivity contribution in [3.8, 4) is 28.4 Å². The van der Waals surface area contributed by atoms with Gasteiger partial charge in [0, 0.05) is 39.8 Å². The molecule has 0 unspecified atom stereocenters. The fourth-order valence-corrected chi connectivity index (χ4v) is 12.6. The summed E-state index contributed by atoms with van der Waals surface area (Å²) < 4.78 is 265. The van der Waals surface area contributed by atoms with E-state index in [1.807, 2.05) is 36.4 Å². The van der Waals surface area contributed by atoms with Gasteiger partial charge in [0.2, 0.25) is 0 Å². The van der Waals surface area contributed by atoms with Crippen molar-refractivity contribution in [2.75, 3.05) is 0 Å². The van der Waals surface area contributed by atoms with Gasteiger partial charge in [-0.1, -0.05) is 129 Å². The molecular weight excluding hydrogens is 1570 g/mol. The zero-order chi connectivity index (χ0) is 84.4. The van der Waals surface area contributed by atoms with E-state index in [4.69, 9.17) is 31.9 Å². The molecule has 0 saturated heterocycles. The molecular formula is C85H68BClF18O8S. The number of ketones is 1. The second kappa shape index (κ2) is 37.4. The highest BCUT2D eigenvalue weighted by molar-refractivity contribution is 7.88. The number of hydrogen-bond acceptors (Lipinski definition) is 8. The molecule has 1 aliphatic carbocycles. The van der Waals surface area contributed by atoms with Crippen LogP contribution in [0.2, 0.25) is 5.02 Å². The molecule has 598 valence electrons. The normalized spacial score (nSPS) is 11.7. The third-order valence-electron chi connectivity index (χ3n) is 17.9. The Morgan fingerprint density at radius 3 is 1.29 bits per heavy atom. The predicted octanol–water partition coefficient (Wildman–Crippen LogP) is 23.1. The number of aryl methyl sites for hydroxylation is 9. The monoisotopic (exact) mass is 1640 g/mol. The maximum Gasteiger partial charge on any atom is 0.534 e. The highest BCUT2D eigenvalue weighted by atomic mass is 35.5. The van der Waals surface area contributed by atoms with Crippen molar-refractivity contribution >= 4 is 93.9 Å². The van der Waals surface area contributed by atoms with Crippen LogP contribution in [0.1, 0.15) is 88.7 Å². The summed E-state index contributed by atoms with van der Waals surface area (Å²) in [5.74, 6) is -18.3. The molecule has 13 aromatic rings. The Balaban J connectivity index is 0.000000169. The fraction of sp³-hybridized carbons (Fsp3) is 0.188. The van der Waals surface area contributed by atoms with Crippen LogP contribution in [0.3, 0.4) is 0 Å². The highest BCUT2D eigenvalue weighted by Crippen LogP contribution is 2.38. The number of Topliss-reactive ketones (excluding diaryl/α,β-unsaturated/α-hetero) is 1. The van der Waals surface area contributed by atoms with E-state index in [-0.39, 0.29) is 78.3 Å². The van der Waals surface area contributed by atoms with Gasteiger partial charge in [-0.3, -0.25) is 4.79 Å². The number of carbonyl (C=O) groups excluding carboxylic acids is 1. The lowest BCUT2D eigenvalue weighted by molar-refractivity contribution is -0.118. The number of carbonyl (C=O) groups is 1. The lowest BCUT2D eigenvalue weighted by Crippen LogP contribution is -2.29. The van der Waals surface area contributed by atoms with Crippen molar-refractivity contribution in [2.24, 2.45) is 0 Å². The molecule has 0 atom stereocenters. The van der Waals surface area contributed by atoms with E-state index in [2.05, 4.69) is 18.0 Å². The maximum atomic E-state index is 14.8. The van der Waals surface area contributed by atoms with Crippen LogP contribution in [0.4, 0.5) is 79.0 Å². The average Bonchev–Trinajstić information content (AvgIpc) is 0.772. The molecule has 8 nitrogen and oxygen atoms in total. The minimum absolute atomic E-state index is 0.0142. The number of phenols is 2. The Hall–Kier alpha value is -10.8. The summed E-state index contributed by atoms with van der Waals surface area (Å²) in [5.41, 5.74) is 0.149. The molecule has 114 heavy (non-hydrogen) atoms. The van der Waals surface area contributed by atoms with Crippen LogP contribution in [0, 0.1) is 129 Å². The van der Waals surface area contributed by atoms with Crippen LogP contribution in [0.25, 0.3) is 65.0 Å². The summed E-state index contributed by atoms with van der Waals surface area (Å²) >= 11 is 5.69. The van der Waals surface area contributed by atoms with Crippen LogP contribution in [-0.2, 0) is 40.6 Å². The van der Waals surface area contributed by atoms with Crippen molar-refractivity contribution in [2.45, 2.75) is 106 Å². The summed E-state index contributed by atoms with van der Waals surface area (Å²) in [6, 6.07) is 39.6. The van der Waals surface area contributed by atoms with E-state index in [0.29, 0.717) is 62.2 Å². The predicted molar refractivity (Wildman–Crippen MR) is 405 cm³/mol. The van der Waals surface area contributed by atoms with E-state index in [9.17, 15) is 92.2 Å². The van der Waals surface area contributed by atoms with Crippen molar-refractivity contribution in [1.82, 2.24) is 0 Å². The van der Waals surface area contributed by atoms with Gasteiger partial charge in [0.1, 0.15) is 17.3 Å². The van der Waals surface area contributed by atoms with Gasteiger partial charge in [-0.2, -0.15) is 21.6 Å². The molecule has 1 aliphatic rings. The van der Waals surface area contributed by atoms with Crippen molar-refractivity contribution in [3.05, 3.63) is 306 Å². The number of rotatable bonds is 8. The van der Waals surface area contributed by atoms with Crippen LogP contribution in [0.15, 0.2) is 158 Å². The Kier molecular flexibility index (Phi) is 29.1. The van der Waals surface area contributed by atoms with Gasteiger partial charge in [0.05, 0.1) is 16.2 Å². The molecule has 14 rings (SSSR count). The minimum Gasteiger partial charge on any atom is -0.508 e. The number of benzene rings is 13. The van der Waals surface area contributed by atoms with E-state index in [1.54, 1.807) is 60.7 Å². The molecule has 0 saturated carbocycles. The van der Waals surface area contributed by atoms with Crippen molar-refractivity contribution < 1.29 is 117 Å². The maximum absolute atomic E-state index is 14.8. The minimum atomic E-state index is -6.13. The second-order valence-corrected chi connectivity index (χ2v) is 28.3. The first-order chi connectivity index (χ1) is 53.5. The summed E-state index contributed by atoms with van der Waals surface area (Å²) in [6.45, 7) is 12.9. The Bertz CT molecular complexity index is 5820. The SMILES string of the molecule is CCCc1ccc(-c2ccc3cc(C)c(F)c(F)c3c2F)cc1.CCCc1ccc(B(O)O)cc1.Cc1cc2c(c(F)c1F)CC(=O)CC2.Cc1cc2ccc(Cl)cc2c(F)c1F.Cc1cc2ccc(O)c(F)c2c(F)c1F.Cc1cc2ccc(O)cc2c(F)c1F.Cc1cc2ccc(OS(=O)(=O)C(F)(F)F)c(F)c2c(F)c1F. The van der Waals surface area contributed by atoms with Gasteiger partial charge in [-0.05, 0) is 216 Å². The van der Waals surface area contributed by atoms with Crippen LogP contribution in [0.5, 0.6) is 17.2 Å². The lowest BCUT2D eigenvalue weighted by Gasteiger charge is -2.16. The summed E-state index contributed by atoms with van der Waals surface area (Å²) in [5, 5.41) is 36.4. The number of hydrogen-bond donors (Lipinski definition) is 4. The van der Waals surface area contributed by atoms with Gasteiger partial charge in [-0.15, -0.1) is 0 Å². The molecule has 4 N–H and O–H groups in total. The lowest BCUT2D eigenvalue weighted by atomic mass is 9.80. The van der Waals surface area contributed by atoms with Crippen LogP contribution < -0.4 is 9.65 Å². The van der Waals surface area contributed by atoms with Crippen molar-refractivity contribution in [1.29, 1.82) is 0 Å². The number of halogens is 19. The Morgan fingerprint density at radius 1 is 0.421 bits per heavy atom. The first-order valence-corrected chi connectivity index (χ1v) is 36.3. The van der Waals surface area contributed by atoms with Crippen LogP contribution >= 0.6 is 11.6 Å². The highest BCUT2D eigenvalue weighted by Gasteiger charge is 2.49. The van der Waals surface area contributed by atoms with Crippen LogP contribution in [-0.4, -0.2) is 47.1 Å².